The summed E-state index contributed by atoms with van der Waals surface area (Å²) in [6.45, 7) is 2.05. The quantitative estimate of drug-likeness (QED) is 0.629. The summed E-state index contributed by atoms with van der Waals surface area (Å²) in [4.78, 5) is 24.0. The molecule has 0 N–H and O–H groups in total. The molecule has 0 unspecified atom stereocenters. The molecule has 3 aromatic rings. The molecular weight excluding hydrogens is 262 g/mol. The van der Waals surface area contributed by atoms with Gasteiger partial charge in [0.2, 0.25) is 0 Å². The number of ketones is 2. The zero-order chi connectivity index (χ0) is 14.7. The molecule has 0 amide bonds. The first-order chi connectivity index (χ1) is 10.1. The maximum Gasteiger partial charge on any atom is 0.186 e. The van der Waals surface area contributed by atoms with Crippen molar-refractivity contribution in [3.8, 4) is 0 Å². The van der Waals surface area contributed by atoms with Crippen molar-refractivity contribution in [2.75, 3.05) is 0 Å². The Morgan fingerprint density at radius 2 is 1.43 bits per heavy atom. The highest BCUT2D eigenvalue weighted by Crippen LogP contribution is 2.32. The minimum atomic E-state index is -0.104. The van der Waals surface area contributed by atoms with Crippen molar-refractivity contribution in [3.05, 3.63) is 59.2 Å². The summed E-state index contributed by atoms with van der Waals surface area (Å²) in [6, 6.07) is 9.96. The summed E-state index contributed by atoms with van der Waals surface area (Å²) >= 11 is 0. The van der Waals surface area contributed by atoms with E-state index in [2.05, 4.69) is 22.8 Å². The molecule has 0 saturated carbocycles. The summed E-state index contributed by atoms with van der Waals surface area (Å²) in [5, 5.41) is 2.14. The highest BCUT2D eigenvalue weighted by Gasteiger charge is 2.21. The number of rotatable bonds is 0. The number of carbonyl (C=O) groups excluding carboxylic acids is 2. The van der Waals surface area contributed by atoms with Crippen molar-refractivity contribution in [1.82, 2.24) is 4.57 Å². The number of hydrogen-bond donors (Lipinski definition) is 0. The highest BCUT2D eigenvalue weighted by atomic mass is 16.1. The molecule has 0 saturated heterocycles. The van der Waals surface area contributed by atoms with Crippen molar-refractivity contribution in [2.45, 2.75) is 6.92 Å². The fraction of sp³-hybridized carbons (Fsp3) is 0.111. The van der Waals surface area contributed by atoms with Crippen LogP contribution in [0.4, 0.5) is 0 Å². The highest BCUT2D eigenvalue weighted by molar-refractivity contribution is 6.25. The second-order valence-electron chi connectivity index (χ2n) is 5.56. The van der Waals surface area contributed by atoms with Gasteiger partial charge in [0.05, 0.1) is 0 Å². The standard InChI is InChI=1S/C18H13NO2/c1-10-3-4-15-11(7-10)12-8-13-14(9-16(12)19(15)2)18(21)6-5-17(13)20/h3-9H,1-2H3. The Hall–Kier alpha value is -2.68. The molecule has 102 valence electrons. The van der Waals surface area contributed by atoms with E-state index in [1.54, 1.807) is 0 Å². The molecule has 2 aromatic carbocycles. The normalized spacial score (nSPS) is 14.2. The second-order valence-corrected chi connectivity index (χ2v) is 5.56. The zero-order valence-electron chi connectivity index (χ0n) is 11.8. The lowest BCUT2D eigenvalue weighted by atomic mass is 9.93. The van der Waals surface area contributed by atoms with Gasteiger partial charge in [-0.15, -0.1) is 0 Å². The number of aryl methyl sites for hydroxylation is 2. The molecule has 21 heavy (non-hydrogen) atoms. The predicted molar refractivity (Wildman–Crippen MR) is 83.0 cm³/mol. The molecule has 1 aliphatic rings. The molecule has 0 radical (unpaired) electrons. The first-order valence-corrected chi connectivity index (χ1v) is 6.86. The maximum absolute atomic E-state index is 12.0. The van der Waals surface area contributed by atoms with Crippen LogP contribution >= 0.6 is 0 Å². The molecule has 0 bridgehead atoms. The summed E-state index contributed by atoms with van der Waals surface area (Å²) < 4.78 is 2.07. The second kappa shape index (κ2) is 3.92. The van der Waals surface area contributed by atoms with Crippen molar-refractivity contribution < 1.29 is 9.59 Å². The van der Waals surface area contributed by atoms with Gasteiger partial charge in [0.25, 0.3) is 0 Å². The van der Waals surface area contributed by atoms with Crippen molar-refractivity contribution in [2.24, 2.45) is 7.05 Å². The Balaban J connectivity index is 2.21. The van der Waals surface area contributed by atoms with Crippen LogP contribution in [-0.4, -0.2) is 16.1 Å². The maximum atomic E-state index is 12.0. The van der Waals surface area contributed by atoms with E-state index < -0.39 is 0 Å². The van der Waals surface area contributed by atoms with E-state index in [0.717, 1.165) is 21.8 Å². The zero-order valence-corrected chi connectivity index (χ0v) is 11.8. The van der Waals surface area contributed by atoms with Gasteiger partial charge in [-0.2, -0.15) is 0 Å². The fourth-order valence-electron chi connectivity index (χ4n) is 3.11. The van der Waals surface area contributed by atoms with Gasteiger partial charge in [0.1, 0.15) is 0 Å². The van der Waals surface area contributed by atoms with Crippen molar-refractivity contribution in [1.29, 1.82) is 0 Å². The third kappa shape index (κ3) is 1.54. The number of fused-ring (bicyclic) bond motifs is 4. The van der Waals surface area contributed by atoms with Gasteiger partial charge in [-0.1, -0.05) is 11.6 Å². The first kappa shape index (κ1) is 12.1. The minimum Gasteiger partial charge on any atom is -0.344 e. The summed E-state index contributed by atoms with van der Waals surface area (Å²) in [6.07, 6.45) is 2.70. The van der Waals surface area contributed by atoms with E-state index in [4.69, 9.17) is 0 Å². The SMILES string of the molecule is Cc1ccc2c(c1)c1cc3c(cc1n2C)C(=O)C=CC3=O. The van der Waals surface area contributed by atoms with Gasteiger partial charge in [0.15, 0.2) is 11.6 Å². The first-order valence-electron chi connectivity index (χ1n) is 6.86. The van der Waals surface area contributed by atoms with Gasteiger partial charge in [0, 0.05) is 40.0 Å². The Kier molecular flexibility index (Phi) is 2.25. The largest absolute Gasteiger partial charge is 0.344 e. The minimum absolute atomic E-state index is 0.101. The number of hydrogen-bond acceptors (Lipinski definition) is 2. The lowest BCUT2D eigenvalue weighted by Gasteiger charge is -2.09. The average molecular weight is 275 g/mol. The molecule has 1 heterocycles. The molecule has 0 spiro atoms. The van der Waals surface area contributed by atoms with Crippen LogP contribution in [0.5, 0.6) is 0 Å². The Morgan fingerprint density at radius 3 is 2.14 bits per heavy atom. The van der Waals surface area contributed by atoms with E-state index in [-0.39, 0.29) is 11.6 Å². The van der Waals surface area contributed by atoms with Crippen LogP contribution in [0.1, 0.15) is 26.3 Å². The molecule has 0 fully saturated rings. The Bertz CT molecular complexity index is 990. The lowest BCUT2D eigenvalue weighted by Crippen LogP contribution is -2.11. The van der Waals surface area contributed by atoms with Gasteiger partial charge >= 0.3 is 0 Å². The molecule has 1 aromatic heterocycles. The van der Waals surface area contributed by atoms with Crippen LogP contribution < -0.4 is 0 Å². The molecule has 0 aliphatic heterocycles. The van der Waals surface area contributed by atoms with Gasteiger partial charge < -0.3 is 4.57 Å². The summed E-state index contributed by atoms with van der Waals surface area (Å²) in [5.41, 5.74) is 4.26. The van der Waals surface area contributed by atoms with E-state index in [0.29, 0.717) is 11.1 Å². The smallest absolute Gasteiger partial charge is 0.186 e. The number of aromatic nitrogens is 1. The molecule has 3 heteroatoms. The molecule has 3 nitrogen and oxygen atoms in total. The van der Waals surface area contributed by atoms with E-state index in [9.17, 15) is 9.59 Å². The third-order valence-electron chi connectivity index (χ3n) is 4.22. The van der Waals surface area contributed by atoms with E-state index in [1.165, 1.54) is 17.7 Å². The molecule has 4 rings (SSSR count). The van der Waals surface area contributed by atoms with Crippen LogP contribution in [0.25, 0.3) is 21.8 Å². The fourth-order valence-corrected chi connectivity index (χ4v) is 3.11. The predicted octanol–water partition coefficient (Wildman–Crippen LogP) is 3.58. The lowest BCUT2D eigenvalue weighted by molar-refractivity contribution is 0.0994. The van der Waals surface area contributed by atoms with Crippen molar-refractivity contribution >= 4 is 33.4 Å². The molecule has 1 aliphatic carbocycles. The average Bonchev–Trinajstić information content (AvgIpc) is 2.74. The topological polar surface area (TPSA) is 39.1 Å². The number of benzene rings is 2. The molecule has 0 atom stereocenters. The summed E-state index contributed by atoms with van der Waals surface area (Å²) in [7, 11) is 1.98. The number of nitrogens with zero attached hydrogens (tertiary/aromatic N) is 1. The van der Waals surface area contributed by atoms with Gasteiger partial charge in [-0.3, -0.25) is 9.59 Å². The Morgan fingerprint density at radius 1 is 0.810 bits per heavy atom. The molecular formula is C18H13NO2. The van der Waals surface area contributed by atoms with Gasteiger partial charge in [-0.25, -0.2) is 0 Å². The van der Waals surface area contributed by atoms with Crippen LogP contribution in [0.15, 0.2) is 42.5 Å². The van der Waals surface area contributed by atoms with Gasteiger partial charge in [-0.05, 0) is 43.3 Å². The van der Waals surface area contributed by atoms with Crippen LogP contribution in [0.3, 0.4) is 0 Å². The van der Waals surface area contributed by atoms with E-state index in [1.807, 2.05) is 26.1 Å². The third-order valence-corrected chi connectivity index (χ3v) is 4.22. The van der Waals surface area contributed by atoms with Crippen LogP contribution in [-0.2, 0) is 7.05 Å². The Labute approximate surface area is 121 Å². The number of carbonyl (C=O) groups is 2. The summed E-state index contributed by atoms with van der Waals surface area (Å²) in [5.74, 6) is -0.205. The van der Waals surface area contributed by atoms with Crippen LogP contribution in [0.2, 0.25) is 0 Å². The van der Waals surface area contributed by atoms with Crippen LogP contribution in [0, 0.1) is 6.92 Å². The number of allylic oxidation sites excluding steroid dienone is 2. The monoisotopic (exact) mass is 275 g/mol. The van der Waals surface area contributed by atoms with Crippen molar-refractivity contribution in [3.63, 3.8) is 0 Å². The van der Waals surface area contributed by atoms with E-state index >= 15 is 0 Å².